The molecule has 0 saturated carbocycles. The molecule has 5 aromatic rings. The van der Waals surface area contributed by atoms with Gasteiger partial charge in [0.05, 0.1) is 11.2 Å². The minimum atomic E-state index is -0.616. The van der Waals surface area contributed by atoms with Gasteiger partial charge in [0, 0.05) is 54.6 Å². The van der Waals surface area contributed by atoms with Crippen molar-refractivity contribution in [1.29, 1.82) is 5.26 Å². The molecule has 42 heavy (non-hydrogen) atoms. The summed E-state index contributed by atoms with van der Waals surface area (Å²) >= 11 is 0. The van der Waals surface area contributed by atoms with Crippen molar-refractivity contribution < 1.29 is 9.18 Å². The molecule has 0 unspecified atom stereocenters. The van der Waals surface area contributed by atoms with E-state index in [1.165, 1.54) is 17.7 Å². The first kappa shape index (κ1) is 26.9. The highest BCUT2D eigenvalue weighted by Gasteiger charge is 2.20. The average molecular weight is 559 g/mol. The number of likely N-dealkylation sites (tertiary alicyclic amines) is 1. The first-order valence-corrected chi connectivity index (χ1v) is 13.6. The van der Waals surface area contributed by atoms with Gasteiger partial charge in [-0.05, 0) is 54.3 Å². The predicted octanol–water partition coefficient (Wildman–Crippen LogP) is 4.94. The second kappa shape index (κ2) is 11.7. The number of aromatic nitrogens is 4. The number of carbonyl (C=O) groups is 1. The molecule has 0 radical (unpaired) electrons. The highest BCUT2D eigenvalue weighted by atomic mass is 19.1. The molecular formula is C32H27FN8O. The normalized spacial score (nSPS) is 14.0. The molecule has 1 fully saturated rings. The van der Waals surface area contributed by atoms with Crippen molar-refractivity contribution in [1.82, 2.24) is 24.8 Å². The van der Waals surface area contributed by atoms with Crippen LogP contribution in [-0.4, -0.2) is 49.9 Å². The van der Waals surface area contributed by atoms with Crippen LogP contribution in [0.3, 0.4) is 0 Å². The van der Waals surface area contributed by atoms with E-state index in [4.69, 9.17) is 16.0 Å². The number of nitrogens with zero attached hydrogens (tertiary/aromatic N) is 6. The Morgan fingerprint density at radius 2 is 1.74 bits per heavy atom. The topological polar surface area (TPSA) is 134 Å². The fourth-order valence-corrected chi connectivity index (χ4v) is 5.24. The minimum Gasteiger partial charge on any atom is -0.367 e. The highest BCUT2D eigenvalue weighted by molar-refractivity contribution is 5.97. The zero-order chi connectivity index (χ0) is 29.1. The molecule has 3 N–H and O–H groups in total. The highest BCUT2D eigenvalue weighted by Crippen LogP contribution is 2.34. The maximum Gasteiger partial charge on any atom is 0.267 e. The summed E-state index contributed by atoms with van der Waals surface area (Å²) in [6, 6.07) is 22.2. The number of fused-ring (bicyclic) bond motifs is 1. The summed E-state index contributed by atoms with van der Waals surface area (Å²) in [6.07, 6.45) is 5.11. The van der Waals surface area contributed by atoms with Gasteiger partial charge in [-0.15, -0.1) is 0 Å². The van der Waals surface area contributed by atoms with Gasteiger partial charge in [0.25, 0.3) is 5.91 Å². The van der Waals surface area contributed by atoms with Crippen LogP contribution < -0.4 is 11.1 Å². The molecule has 1 aliphatic heterocycles. The Morgan fingerprint density at radius 1 is 1.00 bits per heavy atom. The minimum absolute atomic E-state index is 0.147. The van der Waals surface area contributed by atoms with Crippen molar-refractivity contribution in [3.05, 3.63) is 102 Å². The van der Waals surface area contributed by atoms with Gasteiger partial charge in [-0.2, -0.15) is 5.26 Å². The molecule has 1 saturated heterocycles. The maximum atomic E-state index is 13.7. The van der Waals surface area contributed by atoms with Crippen LogP contribution in [0.25, 0.3) is 33.3 Å². The number of primary amides is 1. The van der Waals surface area contributed by atoms with Crippen molar-refractivity contribution in [2.45, 2.75) is 25.4 Å². The summed E-state index contributed by atoms with van der Waals surface area (Å²) in [4.78, 5) is 31.3. The van der Waals surface area contributed by atoms with Gasteiger partial charge in [-0.3, -0.25) is 14.7 Å². The van der Waals surface area contributed by atoms with Gasteiger partial charge in [0.2, 0.25) is 5.82 Å². The molecule has 4 heterocycles. The molecule has 6 rings (SSSR count). The van der Waals surface area contributed by atoms with Gasteiger partial charge >= 0.3 is 0 Å². The van der Waals surface area contributed by atoms with Crippen LogP contribution in [0, 0.1) is 17.1 Å². The van der Waals surface area contributed by atoms with Crippen molar-refractivity contribution in [3.63, 3.8) is 0 Å². The Morgan fingerprint density at radius 3 is 2.45 bits per heavy atom. The second-order valence-electron chi connectivity index (χ2n) is 10.3. The lowest BCUT2D eigenvalue weighted by molar-refractivity contribution is 0.0995. The number of halogens is 1. The number of nitrogens with one attached hydrogen (secondary N) is 1. The monoisotopic (exact) mass is 558 g/mol. The quantitative estimate of drug-likeness (QED) is 0.287. The fraction of sp³-hybridized carbons (Fsp3) is 0.188. The van der Waals surface area contributed by atoms with Gasteiger partial charge in [-0.25, -0.2) is 19.3 Å². The zero-order valence-electron chi connectivity index (χ0n) is 22.7. The third-order valence-electron chi connectivity index (χ3n) is 7.44. The number of hydrogen-bond donors (Lipinski definition) is 2. The van der Waals surface area contributed by atoms with E-state index >= 15 is 0 Å². The third-order valence-corrected chi connectivity index (χ3v) is 7.44. The lowest BCUT2D eigenvalue weighted by Gasteiger charge is -2.32. The molecule has 208 valence electrons. The lowest BCUT2D eigenvalue weighted by atomic mass is 9.97. The van der Waals surface area contributed by atoms with Crippen LogP contribution in [0.15, 0.2) is 79.1 Å². The largest absolute Gasteiger partial charge is 0.367 e. The molecule has 1 aliphatic rings. The average Bonchev–Trinajstić information content (AvgIpc) is 3.02. The van der Waals surface area contributed by atoms with Crippen LogP contribution in [-0.2, 0) is 6.54 Å². The maximum absolute atomic E-state index is 13.7. The Hall–Kier alpha value is -5.27. The van der Waals surface area contributed by atoms with Crippen LogP contribution in [0.1, 0.15) is 34.7 Å². The number of hydrogen-bond acceptors (Lipinski definition) is 8. The molecule has 1 amide bonds. The van der Waals surface area contributed by atoms with E-state index < -0.39 is 5.91 Å². The van der Waals surface area contributed by atoms with E-state index in [0.717, 1.165) is 60.2 Å². The fourth-order valence-electron chi connectivity index (χ4n) is 5.24. The number of nitrogens with two attached hydrogens (primary N) is 1. The molecule has 0 atom stereocenters. The van der Waals surface area contributed by atoms with Crippen molar-refractivity contribution in [2.24, 2.45) is 5.73 Å². The number of anilines is 1. The molecular weight excluding hydrogens is 531 g/mol. The number of rotatable bonds is 7. The van der Waals surface area contributed by atoms with Gasteiger partial charge < -0.3 is 11.1 Å². The van der Waals surface area contributed by atoms with E-state index in [1.807, 2.05) is 24.3 Å². The third kappa shape index (κ3) is 5.92. The van der Waals surface area contributed by atoms with E-state index in [2.05, 4.69) is 37.3 Å². The molecule has 10 heteroatoms. The lowest BCUT2D eigenvalue weighted by Crippen LogP contribution is -2.38. The number of amides is 1. The van der Waals surface area contributed by atoms with Gasteiger partial charge in [-0.1, -0.05) is 36.4 Å². The number of benzene rings is 2. The van der Waals surface area contributed by atoms with Crippen LogP contribution in [0.5, 0.6) is 0 Å². The molecule has 0 aliphatic carbocycles. The Bertz CT molecular complexity index is 1790. The van der Waals surface area contributed by atoms with E-state index in [-0.39, 0.29) is 17.3 Å². The first-order valence-electron chi connectivity index (χ1n) is 13.6. The van der Waals surface area contributed by atoms with Crippen molar-refractivity contribution in [3.8, 4) is 28.5 Å². The number of nitriles is 1. The molecule has 0 spiro atoms. The van der Waals surface area contributed by atoms with E-state index in [0.29, 0.717) is 17.4 Å². The van der Waals surface area contributed by atoms with E-state index in [1.54, 1.807) is 36.7 Å². The molecule has 2 aromatic carbocycles. The summed E-state index contributed by atoms with van der Waals surface area (Å²) in [7, 11) is 0. The second-order valence-corrected chi connectivity index (χ2v) is 10.3. The van der Waals surface area contributed by atoms with Crippen LogP contribution >= 0.6 is 0 Å². The van der Waals surface area contributed by atoms with Crippen molar-refractivity contribution >= 4 is 22.6 Å². The SMILES string of the molecule is N#Cc1nccc(NC2CCN(Cc3ccc(-c4nc5cc(C(N)=O)ncc5cc4-c4ccc(F)cc4)cc3)CC2)n1. The molecule has 9 nitrogen and oxygen atoms in total. The summed E-state index contributed by atoms with van der Waals surface area (Å²) in [6.45, 7) is 2.70. The van der Waals surface area contributed by atoms with Crippen LogP contribution in [0.2, 0.25) is 0 Å². The summed E-state index contributed by atoms with van der Waals surface area (Å²) in [5, 5.41) is 13.2. The smallest absolute Gasteiger partial charge is 0.267 e. The standard InChI is InChI=1S/C32H27FN8O/c33-24-7-5-21(6-8-24)26-15-23-18-37-28(32(35)42)16-27(23)39-31(26)22-3-1-20(2-4-22)19-41-13-10-25(11-14-41)38-29-9-12-36-30(17-34)40-29/h1-9,12,15-16,18,25H,10-11,13-14,19H2,(H2,35,42)(H,36,38,40). The Kier molecular flexibility index (Phi) is 7.49. The predicted molar refractivity (Wildman–Crippen MR) is 158 cm³/mol. The van der Waals surface area contributed by atoms with Gasteiger partial charge in [0.15, 0.2) is 0 Å². The summed E-state index contributed by atoms with van der Waals surface area (Å²) in [5.74, 6) is -0.0840. The number of piperidine rings is 1. The van der Waals surface area contributed by atoms with Gasteiger partial charge in [0.1, 0.15) is 23.4 Å². The Balaban J connectivity index is 1.19. The number of pyridine rings is 2. The van der Waals surface area contributed by atoms with Crippen LogP contribution in [0.4, 0.5) is 10.2 Å². The Labute approximate surface area is 241 Å². The van der Waals surface area contributed by atoms with Crippen molar-refractivity contribution in [2.75, 3.05) is 18.4 Å². The number of carbonyl (C=O) groups excluding carboxylic acids is 1. The first-order chi connectivity index (χ1) is 20.4. The molecule has 3 aromatic heterocycles. The summed E-state index contributed by atoms with van der Waals surface area (Å²) < 4.78 is 13.7. The zero-order valence-corrected chi connectivity index (χ0v) is 22.7. The molecule has 0 bridgehead atoms. The summed E-state index contributed by atoms with van der Waals surface area (Å²) in [5.41, 5.74) is 10.7. The van der Waals surface area contributed by atoms with E-state index in [9.17, 15) is 9.18 Å².